The van der Waals surface area contributed by atoms with Gasteiger partial charge in [0.2, 0.25) is 53.2 Å². The van der Waals surface area contributed by atoms with Crippen LogP contribution in [0.2, 0.25) is 0 Å². The van der Waals surface area contributed by atoms with Crippen molar-refractivity contribution in [2.75, 3.05) is 85.1 Å². The Morgan fingerprint density at radius 3 is 1.46 bits per heavy atom. The first-order valence-corrected chi connectivity index (χ1v) is 32.1. The van der Waals surface area contributed by atoms with Gasteiger partial charge in [0.25, 0.3) is 0 Å². The molecule has 99 heavy (non-hydrogen) atoms. The van der Waals surface area contributed by atoms with Crippen molar-refractivity contribution in [3.8, 4) is 5.75 Å². The first kappa shape index (κ1) is 79.1. The predicted molar refractivity (Wildman–Crippen MR) is 353 cm³/mol. The molecule has 1 fully saturated rings. The first-order chi connectivity index (χ1) is 47.0. The Labute approximate surface area is 569 Å². The van der Waals surface area contributed by atoms with E-state index in [1.165, 1.54) is 41.0 Å². The molecule has 0 spiro atoms. The van der Waals surface area contributed by atoms with Crippen molar-refractivity contribution < 1.29 is 97.8 Å². The summed E-state index contributed by atoms with van der Waals surface area (Å²) in [5.74, 6) is -15.1. The summed E-state index contributed by atoms with van der Waals surface area (Å²) in [5, 5.41) is 78.9. The summed E-state index contributed by atoms with van der Waals surface area (Å²) < 4.78 is 0. The highest BCUT2D eigenvalue weighted by molar-refractivity contribution is 5.99. The van der Waals surface area contributed by atoms with Gasteiger partial charge in [-0.2, -0.15) is 0 Å². The van der Waals surface area contributed by atoms with Gasteiger partial charge in [0, 0.05) is 95.1 Å². The Morgan fingerprint density at radius 1 is 0.465 bits per heavy atom. The molecule has 17 N–H and O–H groups in total. The Morgan fingerprint density at radius 2 is 0.919 bits per heavy atom. The molecule has 538 valence electrons. The number of hydrogen-bond acceptors (Lipinski definition) is 19. The average Bonchev–Trinajstić information content (AvgIpc) is 1.72. The number of fused-ring (bicyclic) bond motifs is 1. The van der Waals surface area contributed by atoms with Crippen LogP contribution in [-0.2, 0) is 86.4 Å². The second kappa shape index (κ2) is 40.2. The van der Waals surface area contributed by atoms with Crippen LogP contribution in [0.15, 0.2) is 85.1 Å². The van der Waals surface area contributed by atoms with Gasteiger partial charge in [-0.1, -0.05) is 80.4 Å². The Hall–Kier alpha value is -10.6. The van der Waals surface area contributed by atoms with Crippen molar-refractivity contribution in [2.24, 2.45) is 5.73 Å². The number of nitrogens with one attached hydrogen (secondary N) is 9. The van der Waals surface area contributed by atoms with Crippen molar-refractivity contribution in [1.82, 2.24) is 67.1 Å². The number of carboxylic acids is 5. The fourth-order valence-corrected chi connectivity index (χ4v) is 10.7. The number of unbranched alkanes of at least 4 members (excludes halogenated alkanes) is 1. The quantitative estimate of drug-likeness (QED) is 0.0212. The van der Waals surface area contributed by atoms with Crippen molar-refractivity contribution in [2.45, 2.75) is 114 Å². The smallest absolute Gasteiger partial charge is 0.317 e. The van der Waals surface area contributed by atoms with Gasteiger partial charge in [-0.25, -0.2) is 0 Å². The topological polar surface area (TPSA) is 511 Å². The molecule has 1 aliphatic rings. The van der Waals surface area contributed by atoms with Crippen molar-refractivity contribution >= 4 is 93.9 Å². The molecule has 9 amide bonds. The van der Waals surface area contributed by atoms with Gasteiger partial charge in [-0.3, -0.25) is 86.7 Å². The summed E-state index contributed by atoms with van der Waals surface area (Å²) in [5.41, 5.74) is 7.81. The number of para-hydroxylation sites is 1. The van der Waals surface area contributed by atoms with Gasteiger partial charge in [0.05, 0.1) is 39.1 Å². The molecule has 1 aliphatic heterocycles. The second-order valence-corrected chi connectivity index (χ2v) is 23.9. The molecular formula is C65H88N14O20. The fourth-order valence-electron chi connectivity index (χ4n) is 10.7. The van der Waals surface area contributed by atoms with E-state index in [1.54, 1.807) is 77.5 Å². The molecule has 7 atom stereocenters. The van der Waals surface area contributed by atoms with E-state index >= 15 is 0 Å². The third-order valence-corrected chi connectivity index (χ3v) is 16.0. The number of carboxylic acid groups (broad SMARTS) is 5. The molecule has 34 nitrogen and oxygen atoms in total. The van der Waals surface area contributed by atoms with Crippen LogP contribution in [0.25, 0.3) is 10.9 Å². The summed E-state index contributed by atoms with van der Waals surface area (Å²) in [6.07, 6.45) is -0.184. The molecule has 1 saturated heterocycles. The number of carbonyl (C=O) groups excluding carboxylic acids is 9. The monoisotopic (exact) mass is 1380 g/mol. The molecular weight excluding hydrogens is 1300 g/mol. The van der Waals surface area contributed by atoms with Gasteiger partial charge < -0.3 is 83.9 Å². The lowest BCUT2D eigenvalue weighted by atomic mass is 10.0. The number of aromatic nitrogens is 1. The second-order valence-electron chi connectivity index (χ2n) is 23.9. The van der Waals surface area contributed by atoms with Crippen molar-refractivity contribution in [1.29, 1.82) is 0 Å². The molecule has 34 heteroatoms. The number of phenolic OH excluding ortho intramolecular Hbond substituents is 1. The number of benzene rings is 3. The number of rotatable bonds is 38. The van der Waals surface area contributed by atoms with E-state index in [4.69, 9.17) is 5.73 Å². The van der Waals surface area contributed by atoms with Gasteiger partial charge in [-0.15, -0.1) is 0 Å². The van der Waals surface area contributed by atoms with Crippen LogP contribution in [-0.4, -0.2) is 266 Å². The highest BCUT2D eigenvalue weighted by Crippen LogP contribution is 2.20. The number of aliphatic carboxylic acids is 5. The van der Waals surface area contributed by atoms with E-state index in [0.29, 0.717) is 40.4 Å². The van der Waals surface area contributed by atoms with Crippen LogP contribution in [0.3, 0.4) is 0 Å². The maximum Gasteiger partial charge on any atom is 0.317 e. The molecule has 0 bridgehead atoms. The molecule has 0 aliphatic carbocycles. The Balaban J connectivity index is 1.31. The number of aromatic hydroxyl groups is 1. The average molecular weight is 1390 g/mol. The number of primary amides is 1. The van der Waals surface area contributed by atoms with Crippen molar-refractivity contribution in [3.63, 3.8) is 0 Å². The number of aromatic amines is 1. The minimum Gasteiger partial charge on any atom is -0.508 e. The van der Waals surface area contributed by atoms with E-state index in [-0.39, 0.29) is 90.3 Å². The lowest BCUT2D eigenvalue weighted by Crippen LogP contribution is -2.59. The van der Waals surface area contributed by atoms with Crippen LogP contribution in [0.1, 0.15) is 69.1 Å². The predicted octanol–water partition coefficient (Wildman–Crippen LogP) is -3.08. The minimum absolute atomic E-state index is 0.0312. The Kier molecular flexibility index (Phi) is 32.1. The van der Waals surface area contributed by atoms with E-state index < -0.39 is 171 Å². The lowest BCUT2D eigenvalue weighted by Gasteiger charge is -2.33. The zero-order chi connectivity index (χ0) is 72.7. The molecule has 0 saturated carbocycles. The molecule has 0 unspecified atom stereocenters. The number of nitrogens with two attached hydrogens (primary N) is 1. The third-order valence-electron chi connectivity index (χ3n) is 16.0. The molecule has 5 rings (SSSR count). The number of hydrogen-bond donors (Lipinski definition) is 16. The van der Waals surface area contributed by atoms with E-state index in [1.807, 2.05) is 0 Å². The molecule has 3 aromatic carbocycles. The van der Waals surface area contributed by atoms with Crippen molar-refractivity contribution in [3.05, 3.63) is 102 Å². The third kappa shape index (κ3) is 28.6. The molecule has 0 radical (unpaired) electrons. The first-order valence-electron chi connectivity index (χ1n) is 32.1. The summed E-state index contributed by atoms with van der Waals surface area (Å²) in [4.78, 5) is 193. The summed E-state index contributed by atoms with van der Waals surface area (Å²) in [6, 6.07) is 10.4. The maximum absolute atomic E-state index is 14.5. The van der Waals surface area contributed by atoms with E-state index in [0.717, 1.165) is 0 Å². The fraction of sp³-hybridized carbons (Fsp3) is 0.477. The van der Waals surface area contributed by atoms with Crippen LogP contribution in [0, 0.1) is 0 Å². The Bertz CT molecular complexity index is 3430. The molecule has 1 aromatic heterocycles. The SMILES string of the molecule is CCCC[C@H](NC(=O)[C@H](Cc1c[nH]c2ccccc12)NC(=O)CNC(=O)[C@H](Cc1ccc(O)cc1)NC(=O)[C@H](C)NC(=O)[C@@H](CCC(=O)O)NC(=O)CN1CCN(CC(=O)O)CCN(CC(=O)O)CCN(CC(=O)O)CC1)C(=O)N[C@@H](CC(=O)O)C(=O)N[C@@H](Cc1ccccc1)C(N)=O. The largest absolute Gasteiger partial charge is 0.508 e. The van der Waals surface area contributed by atoms with Crippen LogP contribution in [0.5, 0.6) is 5.75 Å². The van der Waals surface area contributed by atoms with Crippen LogP contribution >= 0.6 is 0 Å². The molecule has 4 aromatic rings. The zero-order valence-electron chi connectivity index (χ0n) is 54.9. The number of amides is 9. The summed E-state index contributed by atoms with van der Waals surface area (Å²) >= 11 is 0. The highest BCUT2D eigenvalue weighted by Gasteiger charge is 2.35. The maximum atomic E-state index is 14.5. The van der Waals surface area contributed by atoms with E-state index in [9.17, 15) is 97.8 Å². The van der Waals surface area contributed by atoms with Crippen LogP contribution in [0.4, 0.5) is 0 Å². The van der Waals surface area contributed by atoms with Gasteiger partial charge in [0.15, 0.2) is 0 Å². The van der Waals surface area contributed by atoms with E-state index in [2.05, 4.69) is 47.5 Å². The lowest BCUT2D eigenvalue weighted by molar-refractivity contribution is -0.141. The number of carbonyl (C=O) groups is 14. The minimum atomic E-state index is -1.76. The summed E-state index contributed by atoms with van der Waals surface area (Å²) in [6.45, 7) is 1.07. The molecule has 2 heterocycles. The van der Waals surface area contributed by atoms with Gasteiger partial charge >= 0.3 is 29.8 Å². The highest BCUT2D eigenvalue weighted by atomic mass is 16.4. The van der Waals surface area contributed by atoms with Gasteiger partial charge in [-0.05, 0) is 54.7 Å². The standard InChI is InChI=1S/C65H88N14O20/c1-3-4-13-46(63(97)75-51(32-55(85)86)65(99)73-48(59(66)93)29-40-10-6-5-7-11-40)72-64(98)50(31-42-33-67-45-14-9-8-12-44(42)45)71-52(81)34-68-61(95)49(30-41-15-17-43(80)18-16-41)74-60(94)39(2)69-62(96)47(19-20-54(83)84)70-53(82)35-76-21-23-77(36-56(87)88)25-27-79(38-58(91)92)28-26-78(24-22-76)37-57(89)90/h5-12,14-18,33,39,46-51,67,80H,3-4,13,19-32,34-38H2,1-2H3,(H2,66,93)(H,68,95)(H,69,96)(H,70,82)(H,71,81)(H,72,98)(H,73,99)(H,74,94)(H,75,97)(H,83,84)(H,85,86)(H,87,88)(H,89,90)(H,91,92)/t39-,46-,47+,48-,49-,50-,51-/m0/s1. The number of nitrogens with zero attached hydrogens (tertiary/aromatic N) is 4. The normalized spacial score (nSPS) is 15.6. The van der Waals surface area contributed by atoms with Crippen LogP contribution < -0.4 is 48.3 Å². The number of H-pyrrole nitrogens is 1. The summed E-state index contributed by atoms with van der Waals surface area (Å²) in [7, 11) is 0. The number of phenols is 1. The van der Waals surface area contributed by atoms with Gasteiger partial charge in [0.1, 0.15) is 48.0 Å². The zero-order valence-corrected chi connectivity index (χ0v) is 54.9.